The van der Waals surface area contributed by atoms with Gasteiger partial charge in [-0.15, -0.1) is 0 Å². The van der Waals surface area contributed by atoms with E-state index in [1.165, 1.54) is 6.20 Å². The van der Waals surface area contributed by atoms with Gasteiger partial charge in [0.25, 0.3) is 0 Å². The summed E-state index contributed by atoms with van der Waals surface area (Å²) in [5, 5.41) is 10.6. The Hall–Kier alpha value is -1.92. The molecule has 112 valence electrons. The van der Waals surface area contributed by atoms with E-state index in [2.05, 4.69) is 20.7 Å². The summed E-state index contributed by atoms with van der Waals surface area (Å²) in [4.78, 5) is 15.9. The molecule has 1 amide bonds. The van der Waals surface area contributed by atoms with Gasteiger partial charge in [0.1, 0.15) is 5.82 Å². The lowest BCUT2D eigenvalue weighted by Gasteiger charge is -2.21. The molecule has 0 bridgehead atoms. The van der Waals surface area contributed by atoms with Crippen LogP contribution in [-0.2, 0) is 4.79 Å². The fourth-order valence-electron chi connectivity index (χ4n) is 1.81. The van der Waals surface area contributed by atoms with Crippen molar-refractivity contribution in [2.24, 2.45) is 0 Å². The van der Waals surface area contributed by atoms with Gasteiger partial charge in [0.05, 0.1) is 17.6 Å². The Labute approximate surface area is 128 Å². The number of carbonyl (C=O) groups is 1. The van der Waals surface area contributed by atoms with Crippen LogP contribution in [0.3, 0.4) is 0 Å². The first-order valence-electron chi connectivity index (χ1n) is 6.70. The van der Waals surface area contributed by atoms with E-state index < -0.39 is 0 Å². The molecular weight excluding hydrogens is 290 g/mol. The van der Waals surface area contributed by atoms with Crippen LogP contribution in [0.25, 0.3) is 0 Å². The number of pyridine rings is 1. The van der Waals surface area contributed by atoms with Crippen LogP contribution >= 0.6 is 11.6 Å². The van der Waals surface area contributed by atoms with Gasteiger partial charge in [-0.1, -0.05) is 11.6 Å². The molecule has 2 N–H and O–H groups in total. The summed E-state index contributed by atoms with van der Waals surface area (Å²) in [6.07, 6.45) is 5.13. The van der Waals surface area contributed by atoms with Crippen molar-refractivity contribution in [3.05, 3.63) is 41.8 Å². The van der Waals surface area contributed by atoms with Gasteiger partial charge >= 0.3 is 0 Å². The topological polar surface area (TPSA) is 71.8 Å². The molecule has 2 heterocycles. The molecule has 2 aromatic rings. The van der Waals surface area contributed by atoms with Gasteiger partial charge in [-0.05, 0) is 32.0 Å². The highest BCUT2D eigenvalue weighted by Crippen LogP contribution is 2.10. The molecule has 0 aliphatic rings. The summed E-state index contributed by atoms with van der Waals surface area (Å²) in [5.74, 6) is 0.336. The number of anilines is 1. The summed E-state index contributed by atoms with van der Waals surface area (Å²) in [5.41, 5.74) is 0. The monoisotopic (exact) mass is 307 g/mol. The number of nitrogens with zero attached hydrogens (tertiary/aromatic N) is 3. The Morgan fingerprint density at radius 2 is 2.24 bits per heavy atom. The van der Waals surface area contributed by atoms with Crippen molar-refractivity contribution in [2.75, 3.05) is 11.9 Å². The highest BCUT2D eigenvalue weighted by Gasteiger charge is 2.14. The highest BCUT2D eigenvalue weighted by atomic mass is 35.5. The average molecular weight is 308 g/mol. The molecule has 0 spiro atoms. The van der Waals surface area contributed by atoms with E-state index in [9.17, 15) is 4.79 Å². The van der Waals surface area contributed by atoms with Gasteiger partial charge in [0, 0.05) is 24.6 Å². The van der Waals surface area contributed by atoms with Crippen LogP contribution in [0.1, 0.15) is 19.9 Å². The van der Waals surface area contributed by atoms with Crippen LogP contribution in [0, 0.1) is 0 Å². The summed E-state index contributed by atoms with van der Waals surface area (Å²) in [6.45, 7) is 4.26. The fourth-order valence-corrected chi connectivity index (χ4v) is 1.92. The summed E-state index contributed by atoms with van der Waals surface area (Å²) < 4.78 is 1.86. The summed E-state index contributed by atoms with van der Waals surface area (Å²) in [7, 11) is 0. The van der Waals surface area contributed by atoms with E-state index in [0.717, 1.165) is 0 Å². The molecule has 6 nitrogen and oxygen atoms in total. The summed E-state index contributed by atoms with van der Waals surface area (Å²) >= 11 is 5.74. The Morgan fingerprint density at radius 3 is 2.86 bits per heavy atom. The fraction of sp³-hybridized carbons (Fsp3) is 0.357. The molecule has 0 unspecified atom stereocenters. The van der Waals surface area contributed by atoms with Gasteiger partial charge < -0.3 is 10.6 Å². The van der Waals surface area contributed by atoms with Crippen LogP contribution in [-0.4, -0.2) is 33.3 Å². The first-order valence-corrected chi connectivity index (χ1v) is 7.08. The molecule has 0 aromatic carbocycles. The van der Waals surface area contributed by atoms with Crippen molar-refractivity contribution in [1.82, 2.24) is 20.1 Å². The van der Waals surface area contributed by atoms with E-state index in [1.54, 1.807) is 18.3 Å². The molecule has 0 radical (unpaired) electrons. The number of amides is 1. The third kappa shape index (κ3) is 4.54. The zero-order valence-corrected chi connectivity index (χ0v) is 12.7. The molecule has 2 aromatic heterocycles. The second-order valence-corrected chi connectivity index (χ2v) is 5.24. The molecule has 2 rings (SSSR count). The van der Waals surface area contributed by atoms with Crippen molar-refractivity contribution < 1.29 is 4.79 Å². The Balaban J connectivity index is 1.79. The van der Waals surface area contributed by atoms with E-state index in [1.807, 2.05) is 30.8 Å². The van der Waals surface area contributed by atoms with E-state index in [0.29, 0.717) is 10.8 Å². The van der Waals surface area contributed by atoms with Crippen LogP contribution in [0.4, 0.5) is 5.82 Å². The molecule has 0 aliphatic heterocycles. The minimum absolute atomic E-state index is 0.105. The lowest BCUT2D eigenvalue weighted by atomic mass is 10.2. The van der Waals surface area contributed by atoms with E-state index in [4.69, 9.17) is 11.6 Å². The largest absolute Gasteiger partial charge is 0.310 e. The number of hydrogen-bond donors (Lipinski definition) is 2. The standard InChI is InChI=1S/C14H18ClN5O/c1-10(11(2)20-7-3-6-18-20)16-9-14(21)19-13-5-4-12(15)8-17-13/h3-8,10-11,16H,9H2,1-2H3,(H,17,19,21)/t10-,11+/m0/s1. The smallest absolute Gasteiger partial charge is 0.239 e. The first-order chi connectivity index (χ1) is 10.1. The lowest BCUT2D eigenvalue weighted by Crippen LogP contribution is -2.39. The number of nitrogens with one attached hydrogen (secondary N) is 2. The van der Waals surface area contributed by atoms with Crippen LogP contribution in [0.2, 0.25) is 5.02 Å². The lowest BCUT2D eigenvalue weighted by molar-refractivity contribution is -0.115. The maximum atomic E-state index is 11.8. The maximum Gasteiger partial charge on any atom is 0.239 e. The molecule has 0 saturated carbocycles. The SMILES string of the molecule is C[C@H](NCC(=O)Nc1ccc(Cl)cn1)[C@@H](C)n1cccn1. The maximum absolute atomic E-state index is 11.8. The molecule has 2 atom stereocenters. The van der Waals surface area contributed by atoms with E-state index in [-0.39, 0.29) is 24.5 Å². The Bertz CT molecular complexity index is 570. The third-order valence-corrected chi connectivity index (χ3v) is 3.47. The van der Waals surface area contributed by atoms with Crippen LogP contribution in [0.15, 0.2) is 36.8 Å². The minimum Gasteiger partial charge on any atom is -0.310 e. The molecular formula is C14H18ClN5O. The molecule has 21 heavy (non-hydrogen) atoms. The van der Waals surface area contributed by atoms with E-state index >= 15 is 0 Å². The molecule has 0 fully saturated rings. The van der Waals surface area contributed by atoms with Gasteiger partial charge in [-0.2, -0.15) is 5.10 Å². The second-order valence-electron chi connectivity index (χ2n) is 4.81. The van der Waals surface area contributed by atoms with Gasteiger partial charge in [0.15, 0.2) is 0 Å². The third-order valence-electron chi connectivity index (χ3n) is 3.25. The van der Waals surface area contributed by atoms with Crippen molar-refractivity contribution in [3.8, 4) is 0 Å². The Morgan fingerprint density at radius 1 is 1.43 bits per heavy atom. The average Bonchev–Trinajstić information content (AvgIpc) is 3.00. The van der Waals surface area contributed by atoms with Crippen molar-refractivity contribution in [1.29, 1.82) is 0 Å². The molecule has 0 aliphatic carbocycles. The minimum atomic E-state index is -0.149. The quantitative estimate of drug-likeness (QED) is 0.857. The summed E-state index contributed by atoms with van der Waals surface area (Å²) in [6, 6.07) is 5.48. The molecule has 0 saturated heterocycles. The second kappa shape index (κ2) is 7.19. The number of rotatable bonds is 6. The van der Waals surface area contributed by atoms with Crippen molar-refractivity contribution >= 4 is 23.3 Å². The van der Waals surface area contributed by atoms with Gasteiger partial charge in [-0.25, -0.2) is 4.98 Å². The van der Waals surface area contributed by atoms with Crippen molar-refractivity contribution in [3.63, 3.8) is 0 Å². The number of hydrogen-bond acceptors (Lipinski definition) is 4. The predicted molar refractivity (Wildman–Crippen MR) is 82.3 cm³/mol. The normalized spacial score (nSPS) is 13.7. The predicted octanol–water partition coefficient (Wildman–Crippen LogP) is 2.11. The Kier molecular flexibility index (Phi) is 5.30. The van der Waals surface area contributed by atoms with Crippen LogP contribution < -0.4 is 10.6 Å². The number of halogens is 1. The van der Waals surface area contributed by atoms with Crippen molar-refractivity contribution in [2.45, 2.75) is 25.9 Å². The number of aromatic nitrogens is 3. The van der Waals surface area contributed by atoms with Gasteiger partial charge in [-0.3, -0.25) is 9.48 Å². The first kappa shape index (κ1) is 15.5. The highest BCUT2D eigenvalue weighted by molar-refractivity contribution is 6.30. The van der Waals surface area contributed by atoms with Gasteiger partial charge in [0.2, 0.25) is 5.91 Å². The molecule has 7 heteroatoms. The number of carbonyl (C=O) groups excluding carboxylic acids is 1. The zero-order valence-electron chi connectivity index (χ0n) is 12.0. The zero-order chi connectivity index (χ0) is 15.2. The van der Waals surface area contributed by atoms with Crippen LogP contribution in [0.5, 0.6) is 0 Å².